The molecule has 0 atom stereocenters. The van der Waals surface area contributed by atoms with Gasteiger partial charge in [0.1, 0.15) is 29.7 Å². The van der Waals surface area contributed by atoms with Crippen molar-refractivity contribution in [2.75, 3.05) is 44.5 Å². The van der Waals surface area contributed by atoms with Crippen molar-refractivity contribution in [3.05, 3.63) is 114 Å². The lowest BCUT2D eigenvalue weighted by molar-refractivity contribution is -0.139. The van der Waals surface area contributed by atoms with Crippen LogP contribution in [0.15, 0.2) is 104 Å². The Morgan fingerprint density at radius 3 is 2.11 bits per heavy atom. The van der Waals surface area contributed by atoms with Gasteiger partial charge in [-0.15, -0.1) is 0 Å². The van der Waals surface area contributed by atoms with Crippen molar-refractivity contribution in [1.82, 2.24) is 19.4 Å². The van der Waals surface area contributed by atoms with Crippen LogP contribution in [0.1, 0.15) is 19.7 Å². The molecule has 0 aliphatic carbocycles. The largest absolute Gasteiger partial charge is 0.468 e. The second-order valence-corrected chi connectivity index (χ2v) is 12.2. The molecule has 3 heterocycles. The highest BCUT2D eigenvalue weighted by Gasteiger charge is 2.21. The van der Waals surface area contributed by atoms with Gasteiger partial charge in [0.05, 0.1) is 5.69 Å². The number of benzene rings is 3. The maximum absolute atomic E-state index is 12.7. The highest BCUT2D eigenvalue weighted by atomic mass is 35.5. The number of carbonyl (C=O) groups excluding carboxylic acids is 1. The van der Waals surface area contributed by atoms with Gasteiger partial charge >= 0.3 is 0 Å². The van der Waals surface area contributed by atoms with Gasteiger partial charge in [-0.3, -0.25) is 9.78 Å². The summed E-state index contributed by atoms with van der Waals surface area (Å²) in [5, 5.41) is 0.671. The molecule has 0 radical (unpaired) electrons. The topological polar surface area (TPSA) is 82.0 Å². The molecule has 1 fully saturated rings. The monoisotopic (exact) mass is 651 g/mol. The number of anilines is 1. The van der Waals surface area contributed by atoms with Crippen LogP contribution in [0.4, 0.5) is 5.69 Å². The fraction of sp³-hybridized carbons (Fsp3) is 0.270. The van der Waals surface area contributed by atoms with Gasteiger partial charge in [0.25, 0.3) is 0 Å². The summed E-state index contributed by atoms with van der Waals surface area (Å²) in [7, 11) is 0. The lowest BCUT2D eigenvalue weighted by Gasteiger charge is -2.36. The predicted octanol–water partition coefficient (Wildman–Crippen LogP) is 7.28. The average Bonchev–Trinajstić information content (AvgIpc) is 3.51. The highest BCUT2D eigenvalue weighted by molar-refractivity contribution is 6.30. The Hall–Kier alpha value is -4.86. The van der Waals surface area contributed by atoms with Crippen LogP contribution in [0.5, 0.6) is 17.2 Å². The van der Waals surface area contributed by atoms with E-state index in [9.17, 15) is 4.79 Å². The van der Waals surface area contributed by atoms with Gasteiger partial charge in [0, 0.05) is 73.2 Å². The minimum atomic E-state index is -0.0326. The molecule has 1 saturated heterocycles. The SMILES string of the molecule is CC(C)Cc1nc(-c2ccc(OCOCC(=O)N3CCN(c4ccncc4)CC3)cc2)cn1-c1ccc(Oc2ccc(Cl)cc2)cc1. The van der Waals surface area contributed by atoms with Gasteiger partial charge in [-0.25, -0.2) is 4.98 Å². The second-order valence-electron chi connectivity index (χ2n) is 11.8. The molecular formula is C37H38ClN5O4. The summed E-state index contributed by atoms with van der Waals surface area (Å²) >= 11 is 5.99. The molecule has 5 aromatic rings. The van der Waals surface area contributed by atoms with Crippen molar-refractivity contribution < 1.29 is 19.0 Å². The van der Waals surface area contributed by atoms with Gasteiger partial charge in [-0.1, -0.05) is 25.4 Å². The fourth-order valence-electron chi connectivity index (χ4n) is 5.42. The molecule has 1 aliphatic heterocycles. The maximum Gasteiger partial charge on any atom is 0.248 e. The van der Waals surface area contributed by atoms with E-state index in [0.717, 1.165) is 59.5 Å². The van der Waals surface area contributed by atoms with Crippen LogP contribution in [0.2, 0.25) is 5.02 Å². The first-order valence-corrected chi connectivity index (χ1v) is 16.1. The molecular weight excluding hydrogens is 614 g/mol. The Labute approximate surface area is 280 Å². The van der Waals surface area contributed by atoms with E-state index in [2.05, 4.69) is 34.5 Å². The van der Waals surface area contributed by atoms with Gasteiger partial charge in [0.2, 0.25) is 5.91 Å². The Morgan fingerprint density at radius 2 is 1.45 bits per heavy atom. The summed E-state index contributed by atoms with van der Waals surface area (Å²) in [4.78, 5) is 25.8. The van der Waals surface area contributed by atoms with Gasteiger partial charge in [0.15, 0.2) is 6.79 Å². The van der Waals surface area contributed by atoms with Crippen LogP contribution >= 0.6 is 11.6 Å². The number of piperazine rings is 1. The number of halogens is 1. The molecule has 1 amide bonds. The number of amides is 1. The second kappa shape index (κ2) is 15.2. The Kier molecular flexibility index (Phi) is 10.3. The summed E-state index contributed by atoms with van der Waals surface area (Å²) in [5.41, 5.74) is 3.98. The molecule has 0 spiro atoms. The third kappa shape index (κ3) is 8.49. The normalized spacial score (nSPS) is 13.2. The zero-order valence-electron chi connectivity index (χ0n) is 26.6. The molecule has 1 aliphatic rings. The zero-order chi connectivity index (χ0) is 32.6. The minimum absolute atomic E-state index is 0.00699. The predicted molar refractivity (Wildman–Crippen MR) is 184 cm³/mol. The molecule has 3 aromatic carbocycles. The lowest BCUT2D eigenvalue weighted by Crippen LogP contribution is -2.49. The fourth-order valence-corrected chi connectivity index (χ4v) is 5.55. The Balaban J connectivity index is 1.01. The number of hydrogen-bond donors (Lipinski definition) is 0. The number of rotatable bonds is 12. The first kappa shape index (κ1) is 32.1. The number of carbonyl (C=O) groups is 1. The number of imidazole rings is 1. The number of pyridine rings is 1. The van der Waals surface area contributed by atoms with Crippen molar-refractivity contribution in [3.8, 4) is 34.2 Å². The van der Waals surface area contributed by atoms with E-state index >= 15 is 0 Å². The highest BCUT2D eigenvalue weighted by Crippen LogP contribution is 2.28. The van der Waals surface area contributed by atoms with Crippen LogP contribution in [0.3, 0.4) is 0 Å². The molecule has 0 bridgehead atoms. The summed E-state index contributed by atoms with van der Waals surface area (Å²) in [6.07, 6.45) is 6.47. The molecule has 0 saturated carbocycles. The molecule has 9 nitrogen and oxygen atoms in total. The molecule has 242 valence electrons. The molecule has 6 rings (SSSR count). The number of aromatic nitrogens is 3. The van der Waals surface area contributed by atoms with E-state index < -0.39 is 0 Å². The van der Waals surface area contributed by atoms with Crippen LogP contribution in [-0.2, 0) is 16.0 Å². The molecule has 0 unspecified atom stereocenters. The maximum atomic E-state index is 12.7. The van der Waals surface area contributed by atoms with E-state index in [1.165, 1.54) is 0 Å². The Bertz CT molecular complexity index is 1740. The van der Waals surface area contributed by atoms with Crippen molar-refractivity contribution in [2.45, 2.75) is 20.3 Å². The molecule has 0 N–H and O–H groups in total. The van der Waals surface area contributed by atoms with Gasteiger partial charge < -0.3 is 28.6 Å². The van der Waals surface area contributed by atoms with Crippen LogP contribution in [0, 0.1) is 5.92 Å². The van der Waals surface area contributed by atoms with E-state index in [-0.39, 0.29) is 19.3 Å². The zero-order valence-corrected chi connectivity index (χ0v) is 27.3. The van der Waals surface area contributed by atoms with Crippen LogP contribution < -0.4 is 14.4 Å². The van der Waals surface area contributed by atoms with E-state index in [1.807, 2.05) is 77.7 Å². The van der Waals surface area contributed by atoms with Crippen molar-refractivity contribution in [3.63, 3.8) is 0 Å². The number of nitrogens with zero attached hydrogens (tertiary/aromatic N) is 5. The van der Waals surface area contributed by atoms with E-state index in [1.54, 1.807) is 24.5 Å². The summed E-state index contributed by atoms with van der Waals surface area (Å²) in [5.74, 6) is 3.52. The Morgan fingerprint density at radius 1 is 0.809 bits per heavy atom. The van der Waals surface area contributed by atoms with Crippen molar-refractivity contribution in [2.24, 2.45) is 5.92 Å². The van der Waals surface area contributed by atoms with E-state index in [4.69, 9.17) is 30.8 Å². The quantitative estimate of drug-likeness (QED) is 0.104. The summed E-state index contributed by atoms with van der Waals surface area (Å²) < 4.78 is 19.4. The standard InChI is InChI=1S/C37H38ClN5O4/c1-27(2)23-36-40-35(24-43(36)31-7-13-34(14-8-31)47-33-11-5-29(38)6-12-33)28-3-9-32(10-4-28)46-26-45-25-37(44)42-21-19-41(20-22-42)30-15-17-39-18-16-30/h3-18,24,27H,19-23,25-26H2,1-2H3. The molecule has 2 aromatic heterocycles. The molecule has 10 heteroatoms. The van der Waals surface area contributed by atoms with Crippen LogP contribution in [0.25, 0.3) is 16.9 Å². The first-order chi connectivity index (χ1) is 22.9. The lowest BCUT2D eigenvalue weighted by atomic mass is 10.1. The summed E-state index contributed by atoms with van der Waals surface area (Å²) in [6.45, 7) is 7.23. The third-order valence-corrected chi connectivity index (χ3v) is 8.13. The smallest absolute Gasteiger partial charge is 0.248 e. The number of ether oxygens (including phenoxy) is 3. The van der Waals surface area contributed by atoms with E-state index in [0.29, 0.717) is 29.8 Å². The van der Waals surface area contributed by atoms with Crippen molar-refractivity contribution in [1.29, 1.82) is 0 Å². The summed E-state index contributed by atoms with van der Waals surface area (Å²) in [6, 6.07) is 27.0. The van der Waals surface area contributed by atoms with Crippen LogP contribution in [-0.4, -0.2) is 64.9 Å². The number of hydrogen-bond acceptors (Lipinski definition) is 7. The van der Waals surface area contributed by atoms with Gasteiger partial charge in [-0.05, 0) is 90.8 Å². The molecule has 47 heavy (non-hydrogen) atoms. The average molecular weight is 652 g/mol. The minimum Gasteiger partial charge on any atom is -0.468 e. The van der Waals surface area contributed by atoms with Crippen molar-refractivity contribution >= 4 is 23.2 Å². The third-order valence-electron chi connectivity index (χ3n) is 7.88. The first-order valence-electron chi connectivity index (χ1n) is 15.8. The van der Waals surface area contributed by atoms with Gasteiger partial charge in [-0.2, -0.15) is 0 Å².